The van der Waals surface area contributed by atoms with E-state index >= 15 is 0 Å². The molecule has 2 N–H and O–H groups in total. The lowest BCUT2D eigenvalue weighted by molar-refractivity contribution is 0.725. The van der Waals surface area contributed by atoms with Gasteiger partial charge in [-0.25, -0.2) is 0 Å². The molecule has 1 heterocycles. The molecule has 78 valence electrons. The summed E-state index contributed by atoms with van der Waals surface area (Å²) >= 11 is 1.76. The fourth-order valence-electron chi connectivity index (χ4n) is 1.77. The van der Waals surface area contributed by atoms with Crippen LogP contribution >= 0.6 is 11.3 Å². The van der Waals surface area contributed by atoms with Crippen LogP contribution in [0.4, 0.5) is 0 Å². The van der Waals surface area contributed by atoms with Crippen LogP contribution in [0.5, 0.6) is 0 Å². The van der Waals surface area contributed by atoms with Gasteiger partial charge in [-0.15, -0.1) is 17.9 Å². The molecule has 2 rings (SSSR count). The fraction of sp³-hybridized carbons (Fsp3) is 0.231. The molecular formula is C13H15NS. The topological polar surface area (TPSA) is 26.0 Å². The average molecular weight is 217 g/mol. The van der Waals surface area contributed by atoms with Crippen LogP contribution in [0, 0.1) is 0 Å². The Morgan fingerprint density at radius 2 is 2.20 bits per heavy atom. The standard InChI is InChI=1S/C13H15NS/c1-9(2)7-12(14)11-8-15-13-6-4-3-5-10(11)13/h3-6,8,12H,1,7,14H2,2H3/t12-/m1/s1. The summed E-state index contributed by atoms with van der Waals surface area (Å²) in [6, 6.07) is 8.48. The van der Waals surface area contributed by atoms with Crippen molar-refractivity contribution in [2.24, 2.45) is 5.73 Å². The van der Waals surface area contributed by atoms with Crippen LogP contribution in [0.2, 0.25) is 0 Å². The number of hydrogen-bond donors (Lipinski definition) is 1. The highest BCUT2D eigenvalue weighted by Crippen LogP contribution is 2.31. The Morgan fingerprint density at radius 3 is 2.93 bits per heavy atom. The van der Waals surface area contributed by atoms with E-state index in [2.05, 4.69) is 36.2 Å². The maximum atomic E-state index is 6.15. The summed E-state index contributed by atoms with van der Waals surface area (Å²) in [6.07, 6.45) is 0.862. The van der Waals surface area contributed by atoms with Crippen molar-refractivity contribution in [3.63, 3.8) is 0 Å². The lowest BCUT2D eigenvalue weighted by Gasteiger charge is -2.10. The summed E-state index contributed by atoms with van der Waals surface area (Å²) < 4.78 is 1.31. The lowest BCUT2D eigenvalue weighted by atomic mass is 10.0. The summed E-state index contributed by atoms with van der Waals surface area (Å²) in [6.45, 7) is 5.93. The van der Waals surface area contributed by atoms with Gasteiger partial charge in [0.05, 0.1) is 0 Å². The molecule has 0 fully saturated rings. The van der Waals surface area contributed by atoms with E-state index in [1.807, 2.05) is 6.92 Å². The van der Waals surface area contributed by atoms with Gasteiger partial charge < -0.3 is 5.73 Å². The van der Waals surface area contributed by atoms with E-state index in [-0.39, 0.29) is 6.04 Å². The predicted molar refractivity (Wildman–Crippen MR) is 68.2 cm³/mol. The minimum Gasteiger partial charge on any atom is -0.324 e. The molecule has 0 radical (unpaired) electrons. The maximum Gasteiger partial charge on any atom is 0.0346 e. The molecular weight excluding hydrogens is 202 g/mol. The summed E-state index contributed by atoms with van der Waals surface area (Å²) in [5.41, 5.74) is 8.54. The van der Waals surface area contributed by atoms with Crippen LogP contribution in [-0.4, -0.2) is 0 Å². The van der Waals surface area contributed by atoms with Crippen molar-refractivity contribution >= 4 is 21.4 Å². The number of rotatable bonds is 3. The molecule has 0 saturated heterocycles. The van der Waals surface area contributed by atoms with E-state index in [0.717, 1.165) is 12.0 Å². The average Bonchev–Trinajstić information content (AvgIpc) is 2.59. The molecule has 2 heteroatoms. The van der Waals surface area contributed by atoms with Gasteiger partial charge in [0, 0.05) is 10.7 Å². The molecule has 1 atom stereocenters. The van der Waals surface area contributed by atoms with Crippen LogP contribution in [0.25, 0.3) is 10.1 Å². The Kier molecular flexibility index (Phi) is 2.89. The lowest BCUT2D eigenvalue weighted by Crippen LogP contribution is -2.09. The molecule has 0 unspecified atom stereocenters. The van der Waals surface area contributed by atoms with E-state index < -0.39 is 0 Å². The summed E-state index contributed by atoms with van der Waals surface area (Å²) in [7, 11) is 0. The first kappa shape index (κ1) is 10.4. The SMILES string of the molecule is C=C(C)C[C@@H](N)c1csc2ccccc12. The van der Waals surface area contributed by atoms with Gasteiger partial charge in [0.2, 0.25) is 0 Å². The highest BCUT2D eigenvalue weighted by Gasteiger charge is 2.11. The van der Waals surface area contributed by atoms with Crippen LogP contribution in [0.15, 0.2) is 41.8 Å². The quantitative estimate of drug-likeness (QED) is 0.776. The van der Waals surface area contributed by atoms with Crippen LogP contribution in [-0.2, 0) is 0 Å². The maximum absolute atomic E-state index is 6.15. The number of thiophene rings is 1. The van der Waals surface area contributed by atoms with Gasteiger partial charge in [0.25, 0.3) is 0 Å². The van der Waals surface area contributed by atoms with Crippen molar-refractivity contribution in [1.82, 2.24) is 0 Å². The van der Waals surface area contributed by atoms with Crippen molar-refractivity contribution in [3.05, 3.63) is 47.4 Å². The van der Waals surface area contributed by atoms with Crippen molar-refractivity contribution in [1.29, 1.82) is 0 Å². The zero-order chi connectivity index (χ0) is 10.8. The molecule has 0 aliphatic carbocycles. The van der Waals surface area contributed by atoms with Crippen molar-refractivity contribution < 1.29 is 0 Å². The largest absolute Gasteiger partial charge is 0.324 e. The first-order chi connectivity index (χ1) is 7.18. The van der Waals surface area contributed by atoms with Crippen LogP contribution in [0.1, 0.15) is 24.9 Å². The number of benzene rings is 1. The third-order valence-corrected chi connectivity index (χ3v) is 3.46. The predicted octanol–water partition coefficient (Wildman–Crippen LogP) is 3.87. The Hall–Kier alpha value is -1.12. The number of nitrogens with two attached hydrogens (primary N) is 1. The monoisotopic (exact) mass is 217 g/mol. The van der Waals surface area contributed by atoms with E-state index in [1.165, 1.54) is 15.6 Å². The molecule has 2 aromatic rings. The highest BCUT2D eigenvalue weighted by molar-refractivity contribution is 7.17. The molecule has 0 bridgehead atoms. The van der Waals surface area contributed by atoms with Gasteiger partial charge in [-0.1, -0.05) is 23.8 Å². The second-order valence-electron chi connectivity index (χ2n) is 3.95. The van der Waals surface area contributed by atoms with Crippen LogP contribution in [0.3, 0.4) is 0 Å². The molecule has 0 spiro atoms. The molecule has 0 amide bonds. The summed E-state index contributed by atoms with van der Waals surface area (Å²) in [5, 5.41) is 3.45. The first-order valence-corrected chi connectivity index (χ1v) is 5.92. The van der Waals surface area contributed by atoms with E-state index in [4.69, 9.17) is 5.73 Å². The van der Waals surface area contributed by atoms with Gasteiger partial charge in [-0.3, -0.25) is 0 Å². The second kappa shape index (κ2) is 4.17. The molecule has 15 heavy (non-hydrogen) atoms. The zero-order valence-electron chi connectivity index (χ0n) is 8.86. The minimum absolute atomic E-state index is 0.0821. The Bertz CT molecular complexity index is 484. The molecule has 1 aromatic carbocycles. The number of hydrogen-bond acceptors (Lipinski definition) is 2. The summed E-state index contributed by atoms with van der Waals surface area (Å²) in [4.78, 5) is 0. The van der Waals surface area contributed by atoms with E-state index in [1.54, 1.807) is 11.3 Å². The van der Waals surface area contributed by atoms with Crippen molar-refractivity contribution in [2.75, 3.05) is 0 Å². The fourth-order valence-corrected chi connectivity index (χ4v) is 2.80. The molecule has 1 aromatic heterocycles. The minimum atomic E-state index is 0.0821. The molecule has 0 aliphatic rings. The Balaban J connectivity index is 2.39. The number of fused-ring (bicyclic) bond motifs is 1. The zero-order valence-corrected chi connectivity index (χ0v) is 9.68. The van der Waals surface area contributed by atoms with Gasteiger partial charge in [-0.2, -0.15) is 0 Å². The van der Waals surface area contributed by atoms with Gasteiger partial charge in [0.15, 0.2) is 0 Å². The third kappa shape index (κ3) is 2.11. The first-order valence-electron chi connectivity index (χ1n) is 5.04. The van der Waals surface area contributed by atoms with Crippen molar-refractivity contribution in [3.8, 4) is 0 Å². The summed E-state index contributed by atoms with van der Waals surface area (Å²) in [5.74, 6) is 0. The molecule has 0 saturated carbocycles. The van der Waals surface area contributed by atoms with E-state index in [0.29, 0.717) is 0 Å². The smallest absolute Gasteiger partial charge is 0.0346 e. The van der Waals surface area contributed by atoms with Gasteiger partial charge in [-0.05, 0) is 35.7 Å². The second-order valence-corrected chi connectivity index (χ2v) is 4.87. The molecule has 0 aliphatic heterocycles. The van der Waals surface area contributed by atoms with Crippen LogP contribution < -0.4 is 5.73 Å². The Morgan fingerprint density at radius 1 is 1.47 bits per heavy atom. The van der Waals surface area contributed by atoms with Gasteiger partial charge >= 0.3 is 0 Å². The highest BCUT2D eigenvalue weighted by atomic mass is 32.1. The van der Waals surface area contributed by atoms with E-state index in [9.17, 15) is 0 Å². The third-order valence-electron chi connectivity index (χ3n) is 2.48. The van der Waals surface area contributed by atoms with Crippen molar-refractivity contribution in [2.45, 2.75) is 19.4 Å². The molecule has 1 nitrogen and oxygen atoms in total. The Labute approximate surface area is 94.2 Å². The normalized spacial score (nSPS) is 12.9. The van der Waals surface area contributed by atoms with Gasteiger partial charge in [0.1, 0.15) is 0 Å².